The van der Waals surface area contributed by atoms with Gasteiger partial charge in [0.2, 0.25) is 0 Å². The summed E-state index contributed by atoms with van der Waals surface area (Å²) >= 11 is 0. The molecule has 22 heavy (non-hydrogen) atoms. The number of rotatable bonds is 6. The van der Waals surface area contributed by atoms with Crippen molar-refractivity contribution in [3.05, 3.63) is 71.3 Å². The van der Waals surface area contributed by atoms with E-state index in [0.717, 1.165) is 5.56 Å². The molecule has 2 amide bonds. The summed E-state index contributed by atoms with van der Waals surface area (Å²) < 4.78 is 0. The van der Waals surface area contributed by atoms with Crippen LogP contribution in [0.25, 0.3) is 0 Å². The number of amides is 2. The van der Waals surface area contributed by atoms with Crippen LogP contribution in [-0.2, 0) is 11.3 Å². The van der Waals surface area contributed by atoms with Gasteiger partial charge < -0.3 is 0 Å². The number of carbonyl (C=O) groups is 2. The van der Waals surface area contributed by atoms with Gasteiger partial charge in [-0.1, -0.05) is 36.4 Å². The number of carbonyl (C=O) groups excluding carboxylic acids is 2. The van der Waals surface area contributed by atoms with Gasteiger partial charge in [0.25, 0.3) is 11.8 Å². The maximum absolute atomic E-state index is 11.9. The minimum absolute atomic E-state index is 0.180. The van der Waals surface area contributed by atoms with Crippen LogP contribution >= 0.6 is 0 Å². The summed E-state index contributed by atoms with van der Waals surface area (Å²) in [7, 11) is 0. The molecule has 0 atom stereocenters. The zero-order valence-electron chi connectivity index (χ0n) is 11.8. The predicted octanol–water partition coefficient (Wildman–Crippen LogP) is 1.71. The monoisotopic (exact) mass is 300 g/mol. The van der Waals surface area contributed by atoms with Crippen LogP contribution in [0.4, 0.5) is 0 Å². The second-order valence-corrected chi connectivity index (χ2v) is 4.54. The van der Waals surface area contributed by atoms with Crippen molar-refractivity contribution in [1.82, 2.24) is 11.0 Å². The van der Waals surface area contributed by atoms with Gasteiger partial charge in [-0.25, -0.2) is 11.0 Å². The quantitative estimate of drug-likeness (QED) is 0.430. The molecule has 0 heterocycles. The Morgan fingerprint density at radius 1 is 0.955 bits per heavy atom. The maximum atomic E-state index is 11.9. The minimum atomic E-state index is -0.681. The van der Waals surface area contributed by atoms with E-state index in [2.05, 4.69) is 5.48 Å². The smallest absolute Gasteiger partial charge is 0.274 e. The average molecular weight is 300 g/mol. The van der Waals surface area contributed by atoms with Crippen molar-refractivity contribution in [3.63, 3.8) is 0 Å². The summed E-state index contributed by atoms with van der Waals surface area (Å²) in [5, 5.41) is 8.57. The first kappa shape index (κ1) is 15.7. The van der Waals surface area contributed by atoms with Crippen molar-refractivity contribution in [2.24, 2.45) is 0 Å². The number of hydrogen-bond acceptors (Lipinski definition) is 4. The van der Waals surface area contributed by atoms with Gasteiger partial charge in [-0.05, 0) is 30.2 Å². The number of nitrogens with one attached hydrogen (secondary N) is 2. The Morgan fingerprint density at radius 3 is 2.32 bits per heavy atom. The number of hydroxylamine groups is 2. The SMILES string of the molecule is O=C(NO)c1cccc(C(=O)NOCCc2ccccc2)c1. The molecule has 0 spiro atoms. The third-order valence-corrected chi connectivity index (χ3v) is 2.99. The summed E-state index contributed by atoms with van der Waals surface area (Å²) in [6.07, 6.45) is 0.675. The highest BCUT2D eigenvalue weighted by Gasteiger charge is 2.09. The lowest BCUT2D eigenvalue weighted by molar-refractivity contribution is 0.0324. The molecule has 2 rings (SSSR count). The van der Waals surface area contributed by atoms with E-state index in [4.69, 9.17) is 10.0 Å². The fourth-order valence-electron chi connectivity index (χ4n) is 1.86. The van der Waals surface area contributed by atoms with E-state index in [1.54, 1.807) is 12.1 Å². The third kappa shape index (κ3) is 4.41. The molecule has 0 radical (unpaired) electrons. The topological polar surface area (TPSA) is 87.7 Å². The molecule has 0 aliphatic rings. The molecule has 3 N–H and O–H groups in total. The second kappa shape index (κ2) is 7.92. The Kier molecular flexibility index (Phi) is 5.65. The van der Waals surface area contributed by atoms with E-state index in [0.29, 0.717) is 13.0 Å². The van der Waals surface area contributed by atoms with Gasteiger partial charge in [0.1, 0.15) is 0 Å². The van der Waals surface area contributed by atoms with E-state index < -0.39 is 11.8 Å². The fraction of sp³-hybridized carbons (Fsp3) is 0.125. The van der Waals surface area contributed by atoms with Crippen molar-refractivity contribution < 1.29 is 19.6 Å². The van der Waals surface area contributed by atoms with E-state index >= 15 is 0 Å². The normalized spacial score (nSPS) is 10.0. The van der Waals surface area contributed by atoms with Crippen molar-refractivity contribution in [3.8, 4) is 0 Å². The van der Waals surface area contributed by atoms with Gasteiger partial charge in [-0.15, -0.1) is 0 Å². The molecule has 114 valence electrons. The van der Waals surface area contributed by atoms with Gasteiger partial charge >= 0.3 is 0 Å². The summed E-state index contributed by atoms with van der Waals surface area (Å²) in [5.41, 5.74) is 5.39. The lowest BCUT2D eigenvalue weighted by atomic mass is 10.1. The Hall–Kier alpha value is -2.70. The second-order valence-electron chi connectivity index (χ2n) is 4.54. The number of benzene rings is 2. The molecule has 0 unspecified atom stereocenters. The molecule has 6 heteroatoms. The molecule has 2 aromatic carbocycles. The van der Waals surface area contributed by atoms with Crippen molar-refractivity contribution >= 4 is 11.8 Å². The summed E-state index contributed by atoms with van der Waals surface area (Å²) in [6.45, 7) is 0.340. The highest BCUT2D eigenvalue weighted by Crippen LogP contribution is 2.05. The van der Waals surface area contributed by atoms with Crippen LogP contribution in [-0.4, -0.2) is 23.6 Å². The van der Waals surface area contributed by atoms with Crippen molar-refractivity contribution in [1.29, 1.82) is 0 Å². The van der Waals surface area contributed by atoms with Gasteiger partial charge in [0, 0.05) is 11.1 Å². The molecule has 6 nitrogen and oxygen atoms in total. The van der Waals surface area contributed by atoms with Crippen LogP contribution in [0.5, 0.6) is 0 Å². The summed E-state index contributed by atoms with van der Waals surface area (Å²) in [6, 6.07) is 15.7. The molecule has 0 fully saturated rings. The average Bonchev–Trinajstić information content (AvgIpc) is 2.59. The molecule has 0 aromatic heterocycles. The fourth-order valence-corrected chi connectivity index (χ4v) is 1.86. The highest BCUT2D eigenvalue weighted by atomic mass is 16.6. The first-order valence-corrected chi connectivity index (χ1v) is 6.71. The van der Waals surface area contributed by atoms with Gasteiger partial charge in [-0.2, -0.15) is 0 Å². The largest absolute Gasteiger partial charge is 0.288 e. The van der Waals surface area contributed by atoms with Gasteiger partial charge in [-0.3, -0.25) is 19.6 Å². The first-order chi connectivity index (χ1) is 10.7. The maximum Gasteiger partial charge on any atom is 0.274 e. The molecule has 0 saturated heterocycles. The van der Waals surface area contributed by atoms with Gasteiger partial charge in [0.05, 0.1) is 6.61 Å². The zero-order valence-corrected chi connectivity index (χ0v) is 11.8. The Balaban J connectivity index is 1.83. The molecule has 2 aromatic rings. The Bertz CT molecular complexity index is 644. The minimum Gasteiger partial charge on any atom is -0.288 e. The van der Waals surface area contributed by atoms with E-state index in [9.17, 15) is 9.59 Å². The molecule has 0 saturated carbocycles. The van der Waals surface area contributed by atoms with E-state index in [-0.39, 0.29) is 11.1 Å². The Morgan fingerprint density at radius 2 is 1.64 bits per heavy atom. The van der Waals surface area contributed by atoms with Crippen LogP contribution in [0.1, 0.15) is 26.3 Å². The molecular formula is C16H16N2O4. The van der Waals surface area contributed by atoms with Crippen LogP contribution in [0.15, 0.2) is 54.6 Å². The lowest BCUT2D eigenvalue weighted by Gasteiger charge is -2.07. The highest BCUT2D eigenvalue weighted by molar-refractivity contribution is 5.98. The van der Waals surface area contributed by atoms with E-state index in [1.165, 1.54) is 17.6 Å². The summed E-state index contributed by atoms with van der Waals surface area (Å²) in [5.74, 6) is -1.14. The molecule has 0 bridgehead atoms. The molecule has 0 aliphatic heterocycles. The first-order valence-electron chi connectivity index (χ1n) is 6.71. The molecular weight excluding hydrogens is 284 g/mol. The van der Waals surface area contributed by atoms with Crippen molar-refractivity contribution in [2.75, 3.05) is 6.61 Å². The van der Waals surface area contributed by atoms with Crippen molar-refractivity contribution in [2.45, 2.75) is 6.42 Å². The van der Waals surface area contributed by atoms with Gasteiger partial charge in [0.15, 0.2) is 0 Å². The predicted molar refractivity (Wildman–Crippen MR) is 79.3 cm³/mol. The van der Waals surface area contributed by atoms with Crippen LogP contribution in [0.3, 0.4) is 0 Å². The lowest BCUT2D eigenvalue weighted by Crippen LogP contribution is -2.25. The van der Waals surface area contributed by atoms with Crippen LogP contribution in [0.2, 0.25) is 0 Å². The van der Waals surface area contributed by atoms with E-state index in [1.807, 2.05) is 30.3 Å². The molecule has 0 aliphatic carbocycles. The number of hydrogen-bond donors (Lipinski definition) is 3. The zero-order chi connectivity index (χ0) is 15.8. The third-order valence-electron chi connectivity index (χ3n) is 2.99. The van der Waals surface area contributed by atoms with Crippen LogP contribution < -0.4 is 11.0 Å². The Labute approximate surface area is 127 Å². The standard InChI is InChI=1S/C16H16N2O4/c19-15(17-21)13-7-4-8-14(11-13)16(20)18-22-10-9-12-5-2-1-3-6-12/h1-8,11,21H,9-10H2,(H,17,19)(H,18,20). The summed E-state index contributed by atoms with van der Waals surface area (Å²) in [4.78, 5) is 28.3. The van der Waals surface area contributed by atoms with Crippen LogP contribution in [0, 0.1) is 0 Å².